The summed E-state index contributed by atoms with van der Waals surface area (Å²) in [5, 5.41) is 0. The molecule has 1 aromatic rings. The Bertz CT molecular complexity index is 407. The van der Waals surface area contributed by atoms with Gasteiger partial charge in [-0.25, -0.2) is 0 Å². The lowest BCUT2D eigenvalue weighted by Crippen LogP contribution is -2.48. The van der Waals surface area contributed by atoms with E-state index in [0.29, 0.717) is 13.0 Å². The molecule has 0 radical (unpaired) electrons. The fourth-order valence-electron chi connectivity index (χ4n) is 2.64. The summed E-state index contributed by atoms with van der Waals surface area (Å²) < 4.78 is 11.1. The molecule has 1 saturated heterocycles. The Morgan fingerprint density at radius 1 is 1.29 bits per heavy atom. The molecular weight excluding hydrogens is 216 g/mol. The maximum atomic E-state index is 11.1. The molecule has 0 unspecified atom stereocenters. The molecule has 1 aromatic carbocycles. The highest BCUT2D eigenvalue weighted by atomic mass is 16.6. The summed E-state index contributed by atoms with van der Waals surface area (Å²) in [5.74, 6) is -0.0495. The highest BCUT2D eigenvalue weighted by molar-refractivity contribution is 5.72. The predicted octanol–water partition coefficient (Wildman–Crippen LogP) is 2.44. The van der Waals surface area contributed by atoms with Gasteiger partial charge in [-0.05, 0) is 12.0 Å². The van der Waals surface area contributed by atoms with Crippen molar-refractivity contribution < 1.29 is 14.3 Å². The Morgan fingerprint density at radius 3 is 2.71 bits per heavy atom. The van der Waals surface area contributed by atoms with Gasteiger partial charge in [0.2, 0.25) is 0 Å². The Hall–Kier alpha value is -1.35. The molecule has 1 aliphatic heterocycles. The number of benzene rings is 1. The minimum absolute atomic E-state index is 0.0495. The average molecular weight is 232 g/mol. The molecule has 17 heavy (non-hydrogen) atoms. The molecule has 1 heterocycles. The fourth-order valence-corrected chi connectivity index (χ4v) is 2.64. The third-order valence-corrected chi connectivity index (χ3v) is 3.64. The molecule has 0 N–H and O–H groups in total. The summed E-state index contributed by atoms with van der Waals surface area (Å²) in [6.07, 6.45) is 3.43. The summed E-state index contributed by atoms with van der Waals surface area (Å²) in [6, 6.07) is 10.1. The van der Waals surface area contributed by atoms with Crippen LogP contribution in [0.1, 0.15) is 31.2 Å². The quantitative estimate of drug-likeness (QED) is 0.751. The highest BCUT2D eigenvalue weighted by Gasteiger charge is 2.51. The molecule has 90 valence electrons. The third kappa shape index (κ3) is 2.20. The average Bonchev–Trinajstić information content (AvgIpc) is 2.69. The minimum Gasteiger partial charge on any atom is -0.459 e. The predicted molar refractivity (Wildman–Crippen MR) is 62.3 cm³/mol. The van der Waals surface area contributed by atoms with Crippen molar-refractivity contribution in [3.8, 4) is 0 Å². The molecule has 1 spiro atoms. The van der Waals surface area contributed by atoms with E-state index in [1.807, 2.05) is 18.2 Å². The first-order valence-corrected chi connectivity index (χ1v) is 6.13. The van der Waals surface area contributed by atoms with Crippen molar-refractivity contribution in [2.24, 2.45) is 0 Å². The van der Waals surface area contributed by atoms with Gasteiger partial charge < -0.3 is 9.47 Å². The maximum Gasteiger partial charge on any atom is 0.306 e. The summed E-state index contributed by atoms with van der Waals surface area (Å²) >= 11 is 0. The molecule has 1 saturated carbocycles. The van der Waals surface area contributed by atoms with Crippen molar-refractivity contribution in [2.75, 3.05) is 0 Å². The molecule has 2 aliphatic rings. The SMILES string of the molecule is O=C1CCC2(CC(OCc3ccccc3)C2)O1. The van der Waals surface area contributed by atoms with Crippen molar-refractivity contribution in [1.29, 1.82) is 0 Å². The molecule has 3 heteroatoms. The number of ether oxygens (including phenoxy) is 2. The van der Waals surface area contributed by atoms with Gasteiger partial charge in [-0.15, -0.1) is 0 Å². The van der Waals surface area contributed by atoms with Gasteiger partial charge in [-0.2, -0.15) is 0 Å². The second-order valence-corrected chi connectivity index (χ2v) is 4.98. The summed E-state index contributed by atoms with van der Waals surface area (Å²) in [6.45, 7) is 0.648. The summed E-state index contributed by atoms with van der Waals surface area (Å²) in [7, 11) is 0. The van der Waals surface area contributed by atoms with E-state index >= 15 is 0 Å². The molecule has 0 bridgehead atoms. The molecule has 3 nitrogen and oxygen atoms in total. The molecule has 0 amide bonds. The van der Waals surface area contributed by atoms with Gasteiger partial charge in [0.25, 0.3) is 0 Å². The first-order chi connectivity index (χ1) is 8.26. The smallest absolute Gasteiger partial charge is 0.306 e. The van der Waals surface area contributed by atoms with E-state index < -0.39 is 0 Å². The number of esters is 1. The van der Waals surface area contributed by atoms with E-state index in [1.165, 1.54) is 5.56 Å². The van der Waals surface area contributed by atoms with Crippen LogP contribution in [-0.4, -0.2) is 17.7 Å². The van der Waals surface area contributed by atoms with Crippen molar-refractivity contribution in [3.05, 3.63) is 35.9 Å². The zero-order valence-electron chi connectivity index (χ0n) is 9.72. The third-order valence-electron chi connectivity index (χ3n) is 3.64. The van der Waals surface area contributed by atoms with Gasteiger partial charge in [-0.1, -0.05) is 30.3 Å². The Labute approximate surface area is 101 Å². The molecular formula is C14H16O3. The molecule has 2 fully saturated rings. The van der Waals surface area contributed by atoms with Gasteiger partial charge in [0.1, 0.15) is 5.60 Å². The number of hydrogen-bond donors (Lipinski definition) is 0. The first-order valence-electron chi connectivity index (χ1n) is 6.13. The Kier molecular flexibility index (Phi) is 2.63. The second-order valence-electron chi connectivity index (χ2n) is 4.98. The van der Waals surface area contributed by atoms with Crippen LogP contribution in [0, 0.1) is 0 Å². The zero-order valence-corrected chi connectivity index (χ0v) is 9.72. The fraction of sp³-hybridized carbons (Fsp3) is 0.500. The van der Waals surface area contributed by atoms with E-state index in [9.17, 15) is 4.79 Å². The largest absolute Gasteiger partial charge is 0.459 e. The molecule has 3 rings (SSSR count). The normalized spacial score (nSPS) is 31.3. The Balaban J connectivity index is 1.46. The zero-order chi connectivity index (χ0) is 11.7. The van der Waals surface area contributed by atoms with Gasteiger partial charge in [-0.3, -0.25) is 4.79 Å². The summed E-state index contributed by atoms with van der Waals surface area (Å²) in [4.78, 5) is 11.1. The monoisotopic (exact) mass is 232 g/mol. The van der Waals surface area contributed by atoms with Crippen LogP contribution in [0.5, 0.6) is 0 Å². The maximum absolute atomic E-state index is 11.1. The van der Waals surface area contributed by atoms with E-state index in [2.05, 4.69) is 12.1 Å². The van der Waals surface area contributed by atoms with Crippen LogP contribution in [0.15, 0.2) is 30.3 Å². The van der Waals surface area contributed by atoms with Gasteiger partial charge in [0, 0.05) is 19.3 Å². The van der Waals surface area contributed by atoms with Crippen LogP contribution in [0.2, 0.25) is 0 Å². The van der Waals surface area contributed by atoms with E-state index in [-0.39, 0.29) is 17.7 Å². The lowest BCUT2D eigenvalue weighted by molar-refractivity contribution is -0.175. The number of rotatable bonds is 3. The number of carbonyl (C=O) groups is 1. The number of hydrogen-bond acceptors (Lipinski definition) is 3. The molecule has 0 aromatic heterocycles. The van der Waals surface area contributed by atoms with Crippen LogP contribution in [0.4, 0.5) is 0 Å². The van der Waals surface area contributed by atoms with E-state index in [1.54, 1.807) is 0 Å². The summed E-state index contributed by atoms with van der Waals surface area (Å²) in [5.41, 5.74) is 1.02. The van der Waals surface area contributed by atoms with Crippen LogP contribution in [0.25, 0.3) is 0 Å². The second kappa shape index (κ2) is 4.15. The van der Waals surface area contributed by atoms with Gasteiger partial charge >= 0.3 is 5.97 Å². The van der Waals surface area contributed by atoms with Crippen LogP contribution in [-0.2, 0) is 20.9 Å². The van der Waals surface area contributed by atoms with Crippen LogP contribution < -0.4 is 0 Å². The Morgan fingerprint density at radius 2 is 2.06 bits per heavy atom. The highest BCUT2D eigenvalue weighted by Crippen LogP contribution is 2.45. The molecule has 0 atom stereocenters. The van der Waals surface area contributed by atoms with Gasteiger partial charge in [0.15, 0.2) is 0 Å². The van der Waals surface area contributed by atoms with Gasteiger partial charge in [0.05, 0.1) is 12.7 Å². The first kappa shape index (κ1) is 10.8. The lowest BCUT2D eigenvalue weighted by atomic mass is 9.75. The topological polar surface area (TPSA) is 35.5 Å². The van der Waals surface area contributed by atoms with Crippen molar-refractivity contribution in [2.45, 2.75) is 44.0 Å². The van der Waals surface area contributed by atoms with E-state index in [4.69, 9.17) is 9.47 Å². The van der Waals surface area contributed by atoms with Crippen molar-refractivity contribution in [3.63, 3.8) is 0 Å². The van der Waals surface area contributed by atoms with Crippen LogP contribution in [0.3, 0.4) is 0 Å². The van der Waals surface area contributed by atoms with E-state index in [0.717, 1.165) is 19.3 Å². The van der Waals surface area contributed by atoms with Crippen molar-refractivity contribution >= 4 is 5.97 Å². The van der Waals surface area contributed by atoms with Crippen LogP contribution >= 0.6 is 0 Å². The lowest BCUT2D eigenvalue weighted by Gasteiger charge is -2.42. The molecule has 1 aliphatic carbocycles. The standard InChI is InChI=1S/C14H16O3/c15-13-6-7-14(17-13)8-12(9-14)16-10-11-4-2-1-3-5-11/h1-5,12H,6-10H2. The van der Waals surface area contributed by atoms with Crippen molar-refractivity contribution in [1.82, 2.24) is 0 Å². The number of carbonyl (C=O) groups excluding carboxylic acids is 1. The minimum atomic E-state index is -0.168.